The van der Waals surface area contributed by atoms with Crippen molar-refractivity contribution >= 4 is 33.3 Å². The summed E-state index contributed by atoms with van der Waals surface area (Å²) in [6, 6.07) is 21.4. The van der Waals surface area contributed by atoms with Crippen molar-refractivity contribution < 1.29 is 5.11 Å². The van der Waals surface area contributed by atoms with Gasteiger partial charge in [-0.25, -0.2) is 9.97 Å². The first-order valence-corrected chi connectivity index (χ1v) is 8.65. The van der Waals surface area contributed by atoms with Gasteiger partial charge in [-0.2, -0.15) is 0 Å². The van der Waals surface area contributed by atoms with E-state index in [0.29, 0.717) is 0 Å². The normalized spacial score (nSPS) is 11.1. The zero-order valence-electron chi connectivity index (χ0n) is 14.3. The van der Waals surface area contributed by atoms with Crippen molar-refractivity contribution in [2.45, 2.75) is 0 Å². The number of anilines is 2. The number of hydrogen-bond donors (Lipinski definition) is 3. The van der Waals surface area contributed by atoms with Crippen LogP contribution in [0.15, 0.2) is 79.3 Å². The highest BCUT2D eigenvalue weighted by molar-refractivity contribution is 6.02. The average Bonchev–Trinajstić information content (AvgIpc) is 3.16. The molecule has 0 saturated carbocycles. The highest BCUT2D eigenvalue weighted by atomic mass is 16.3. The number of aromatic hydroxyl groups is 1. The Bertz CT molecular complexity index is 1280. The predicted molar refractivity (Wildman–Crippen MR) is 108 cm³/mol. The molecule has 0 aliphatic rings. The lowest BCUT2D eigenvalue weighted by molar-refractivity contribution is 0.475. The van der Waals surface area contributed by atoms with E-state index >= 15 is 0 Å². The van der Waals surface area contributed by atoms with Crippen molar-refractivity contribution in [3.8, 4) is 16.9 Å². The number of pyridine rings is 1. The van der Waals surface area contributed by atoms with E-state index in [0.717, 1.165) is 44.4 Å². The summed E-state index contributed by atoms with van der Waals surface area (Å²) in [5, 5.41) is 15.3. The van der Waals surface area contributed by atoms with E-state index in [1.807, 2.05) is 48.5 Å². The third kappa shape index (κ3) is 2.75. The summed E-state index contributed by atoms with van der Waals surface area (Å²) in [5.74, 6) is 1.04. The predicted octanol–water partition coefficient (Wildman–Crippen LogP) is 5.23. The van der Waals surface area contributed by atoms with E-state index in [9.17, 15) is 5.11 Å². The van der Waals surface area contributed by atoms with Crippen LogP contribution in [0.3, 0.4) is 0 Å². The summed E-state index contributed by atoms with van der Waals surface area (Å²) < 4.78 is 0. The average molecular weight is 352 g/mol. The molecule has 0 saturated heterocycles. The summed E-state index contributed by atoms with van der Waals surface area (Å²) in [6.07, 6.45) is 3.48. The van der Waals surface area contributed by atoms with Crippen LogP contribution < -0.4 is 5.32 Å². The van der Waals surface area contributed by atoms with Crippen molar-refractivity contribution in [3.05, 3.63) is 79.3 Å². The van der Waals surface area contributed by atoms with Crippen LogP contribution in [0.4, 0.5) is 11.5 Å². The number of aromatic amines is 1. The molecule has 2 aromatic heterocycles. The molecular formula is C22H16N4O. The van der Waals surface area contributed by atoms with Gasteiger partial charge in [0.2, 0.25) is 0 Å². The fourth-order valence-electron chi connectivity index (χ4n) is 3.38. The van der Waals surface area contributed by atoms with Crippen LogP contribution in [-0.4, -0.2) is 20.1 Å². The molecule has 130 valence electrons. The topological polar surface area (TPSA) is 73.8 Å². The SMILES string of the molecule is Oc1cccc(-c2cccc3c(Nc4ccc5nc[nH]c5c4)nccc23)c1. The molecule has 0 atom stereocenters. The molecule has 0 aliphatic carbocycles. The maximum Gasteiger partial charge on any atom is 0.138 e. The van der Waals surface area contributed by atoms with Gasteiger partial charge in [0.25, 0.3) is 0 Å². The zero-order chi connectivity index (χ0) is 18.2. The molecular weight excluding hydrogens is 336 g/mol. The third-order valence-electron chi connectivity index (χ3n) is 4.65. The molecule has 0 radical (unpaired) electrons. The summed E-state index contributed by atoms with van der Waals surface area (Å²) in [4.78, 5) is 11.9. The van der Waals surface area contributed by atoms with E-state index in [1.54, 1.807) is 24.7 Å². The second-order valence-corrected chi connectivity index (χ2v) is 6.37. The number of nitrogens with one attached hydrogen (secondary N) is 2. The van der Waals surface area contributed by atoms with Crippen LogP contribution >= 0.6 is 0 Å². The van der Waals surface area contributed by atoms with Crippen molar-refractivity contribution in [3.63, 3.8) is 0 Å². The van der Waals surface area contributed by atoms with Crippen LogP contribution in [0, 0.1) is 0 Å². The summed E-state index contributed by atoms with van der Waals surface area (Å²) in [5.41, 5.74) is 4.86. The van der Waals surface area contributed by atoms with E-state index in [1.165, 1.54) is 0 Å². The van der Waals surface area contributed by atoms with Gasteiger partial charge in [-0.05, 0) is 52.9 Å². The van der Waals surface area contributed by atoms with Crippen molar-refractivity contribution in [1.29, 1.82) is 0 Å². The van der Waals surface area contributed by atoms with Crippen molar-refractivity contribution in [2.24, 2.45) is 0 Å². The number of benzene rings is 3. The third-order valence-corrected chi connectivity index (χ3v) is 4.65. The number of phenols is 1. The van der Waals surface area contributed by atoms with E-state index in [2.05, 4.69) is 26.3 Å². The number of fused-ring (bicyclic) bond motifs is 2. The molecule has 5 heteroatoms. The van der Waals surface area contributed by atoms with Gasteiger partial charge in [0.1, 0.15) is 11.6 Å². The van der Waals surface area contributed by atoms with Crippen LogP contribution in [0.25, 0.3) is 32.9 Å². The number of H-pyrrole nitrogens is 1. The van der Waals surface area contributed by atoms with E-state index in [4.69, 9.17) is 0 Å². The molecule has 5 rings (SSSR count). The first-order valence-electron chi connectivity index (χ1n) is 8.65. The van der Waals surface area contributed by atoms with Crippen LogP contribution in [0.5, 0.6) is 5.75 Å². The van der Waals surface area contributed by atoms with Crippen LogP contribution in [-0.2, 0) is 0 Å². The molecule has 0 aliphatic heterocycles. The van der Waals surface area contributed by atoms with Crippen LogP contribution in [0.2, 0.25) is 0 Å². The minimum Gasteiger partial charge on any atom is -0.508 e. The van der Waals surface area contributed by atoms with Crippen molar-refractivity contribution in [1.82, 2.24) is 15.0 Å². The van der Waals surface area contributed by atoms with Gasteiger partial charge in [0.15, 0.2) is 0 Å². The Balaban J connectivity index is 1.62. The van der Waals surface area contributed by atoms with Crippen LogP contribution in [0.1, 0.15) is 0 Å². The highest BCUT2D eigenvalue weighted by Gasteiger charge is 2.09. The Hall–Kier alpha value is -3.86. The Morgan fingerprint density at radius 3 is 2.70 bits per heavy atom. The lowest BCUT2D eigenvalue weighted by Gasteiger charge is -2.12. The maximum absolute atomic E-state index is 9.83. The number of phenolic OH excluding ortho intramolecular Hbond substituents is 1. The van der Waals surface area contributed by atoms with Gasteiger partial charge in [0.05, 0.1) is 17.4 Å². The van der Waals surface area contributed by atoms with Gasteiger partial charge in [-0.3, -0.25) is 0 Å². The molecule has 2 heterocycles. The van der Waals surface area contributed by atoms with Gasteiger partial charge < -0.3 is 15.4 Å². The highest BCUT2D eigenvalue weighted by Crippen LogP contribution is 2.33. The molecule has 5 aromatic rings. The lowest BCUT2D eigenvalue weighted by Crippen LogP contribution is -1.95. The molecule has 3 N–H and O–H groups in total. The quantitative estimate of drug-likeness (QED) is 0.416. The van der Waals surface area contributed by atoms with E-state index in [-0.39, 0.29) is 5.75 Å². The van der Waals surface area contributed by atoms with Crippen molar-refractivity contribution in [2.75, 3.05) is 5.32 Å². The monoisotopic (exact) mass is 352 g/mol. The van der Waals surface area contributed by atoms with E-state index < -0.39 is 0 Å². The molecule has 0 spiro atoms. The first-order chi connectivity index (χ1) is 13.3. The lowest BCUT2D eigenvalue weighted by atomic mass is 9.99. The fourth-order valence-corrected chi connectivity index (χ4v) is 3.38. The Morgan fingerprint density at radius 1 is 0.852 bits per heavy atom. The second kappa shape index (κ2) is 6.14. The second-order valence-electron chi connectivity index (χ2n) is 6.37. The molecule has 0 amide bonds. The number of nitrogens with zero attached hydrogens (tertiary/aromatic N) is 2. The Morgan fingerprint density at radius 2 is 1.78 bits per heavy atom. The van der Waals surface area contributed by atoms with Gasteiger partial charge in [0, 0.05) is 17.3 Å². The largest absolute Gasteiger partial charge is 0.508 e. The number of hydrogen-bond acceptors (Lipinski definition) is 4. The minimum atomic E-state index is 0.254. The zero-order valence-corrected chi connectivity index (χ0v) is 14.3. The summed E-state index contributed by atoms with van der Waals surface area (Å²) in [7, 11) is 0. The Kier molecular flexibility index (Phi) is 3.50. The molecule has 27 heavy (non-hydrogen) atoms. The minimum absolute atomic E-state index is 0.254. The Labute approximate surface area is 155 Å². The summed E-state index contributed by atoms with van der Waals surface area (Å²) in [6.45, 7) is 0. The summed E-state index contributed by atoms with van der Waals surface area (Å²) >= 11 is 0. The maximum atomic E-state index is 9.83. The molecule has 0 bridgehead atoms. The fraction of sp³-hybridized carbons (Fsp3) is 0. The van der Waals surface area contributed by atoms with Gasteiger partial charge in [-0.1, -0.05) is 30.3 Å². The molecule has 0 unspecified atom stereocenters. The molecule has 0 fully saturated rings. The smallest absolute Gasteiger partial charge is 0.138 e. The first kappa shape index (κ1) is 15.4. The number of rotatable bonds is 3. The molecule has 5 nitrogen and oxygen atoms in total. The standard InChI is InChI=1S/C22H16N4O/c27-16-4-1-3-14(11-16)17-5-2-6-19-18(17)9-10-23-22(19)26-15-7-8-20-21(12-15)25-13-24-20/h1-13,27H,(H,23,26)(H,24,25). The van der Waals surface area contributed by atoms with Gasteiger partial charge in [-0.15, -0.1) is 0 Å². The number of imidazole rings is 1. The van der Waals surface area contributed by atoms with Gasteiger partial charge >= 0.3 is 0 Å². The molecule has 3 aromatic carbocycles. The number of aromatic nitrogens is 3.